The van der Waals surface area contributed by atoms with Crippen LogP contribution >= 0.6 is 0 Å². The summed E-state index contributed by atoms with van der Waals surface area (Å²) in [5, 5.41) is 0. The molecule has 0 unspecified atom stereocenters. The Bertz CT molecular complexity index is 500. The van der Waals surface area contributed by atoms with E-state index in [9.17, 15) is 0 Å². The SMILES string of the molecule is CN(C)c1ccc[c]([Hg][c]2cccc(N(C)C)c2)c1. The summed E-state index contributed by atoms with van der Waals surface area (Å²) in [6.07, 6.45) is 0. The zero-order valence-corrected chi connectivity index (χ0v) is 17.7. The molecule has 0 aliphatic heterocycles. The van der Waals surface area contributed by atoms with Gasteiger partial charge in [-0.3, -0.25) is 0 Å². The summed E-state index contributed by atoms with van der Waals surface area (Å²) in [6, 6.07) is 18.0. The number of hydrogen-bond acceptors (Lipinski definition) is 2. The van der Waals surface area contributed by atoms with Gasteiger partial charge >= 0.3 is 129 Å². The molecule has 0 atom stereocenters. The first-order valence-electron chi connectivity index (χ1n) is 6.59. The molecule has 0 fully saturated rings. The van der Waals surface area contributed by atoms with Crippen LogP contribution in [0.15, 0.2) is 48.5 Å². The van der Waals surface area contributed by atoms with E-state index >= 15 is 0 Å². The van der Waals surface area contributed by atoms with Crippen LogP contribution in [0.2, 0.25) is 0 Å². The van der Waals surface area contributed by atoms with E-state index in [0.29, 0.717) is 0 Å². The Labute approximate surface area is 128 Å². The predicted molar refractivity (Wildman–Crippen MR) is 80.8 cm³/mol. The van der Waals surface area contributed by atoms with Crippen LogP contribution in [0.3, 0.4) is 0 Å². The molecule has 0 aliphatic rings. The quantitative estimate of drug-likeness (QED) is 0.670. The predicted octanol–water partition coefficient (Wildman–Crippen LogP) is 1.85. The molecule has 0 bridgehead atoms. The summed E-state index contributed by atoms with van der Waals surface area (Å²) in [4.78, 5) is 4.35. The average molecular weight is 441 g/mol. The molecule has 3 heteroatoms. The number of nitrogens with zero attached hydrogens (tertiary/aromatic N) is 2. The second-order valence-corrected chi connectivity index (χ2v) is 13.0. The van der Waals surface area contributed by atoms with Gasteiger partial charge in [-0.2, -0.15) is 0 Å². The van der Waals surface area contributed by atoms with Gasteiger partial charge in [0.05, 0.1) is 0 Å². The summed E-state index contributed by atoms with van der Waals surface area (Å²) in [5.74, 6) is 0. The normalized spacial score (nSPS) is 9.89. The van der Waals surface area contributed by atoms with Gasteiger partial charge in [0.1, 0.15) is 0 Å². The average Bonchev–Trinajstić information content (AvgIpc) is 2.39. The molecule has 2 rings (SSSR count). The first-order chi connectivity index (χ1) is 9.06. The minimum atomic E-state index is -1.22. The molecular weight excluding hydrogens is 421 g/mol. The van der Waals surface area contributed by atoms with E-state index in [4.69, 9.17) is 0 Å². The molecule has 0 amide bonds. The molecule has 2 aromatic rings. The van der Waals surface area contributed by atoms with E-state index in [-0.39, 0.29) is 0 Å². The van der Waals surface area contributed by atoms with Gasteiger partial charge in [0, 0.05) is 0 Å². The Hall–Kier alpha value is -1.02. The van der Waals surface area contributed by atoms with Crippen LogP contribution in [0.5, 0.6) is 0 Å². The van der Waals surface area contributed by atoms with Crippen molar-refractivity contribution in [3.63, 3.8) is 0 Å². The van der Waals surface area contributed by atoms with Crippen LogP contribution in [0.4, 0.5) is 11.4 Å². The molecule has 0 N–H and O–H groups in total. The van der Waals surface area contributed by atoms with E-state index in [1.165, 1.54) is 11.4 Å². The van der Waals surface area contributed by atoms with Crippen molar-refractivity contribution < 1.29 is 24.6 Å². The van der Waals surface area contributed by atoms with Crippen molar-refractivity contribution in [1.82, 2.24) is 0 Å². The van der Waals surface area contributed by atoms with Gasteiger partial charge in [0.15, 0.2) is 0 Å². The molecule has 0 heterocycles. The molecule has 0 saturated carbocycles. The van der Waals surface area contributed by atoms with Crippen LogP contribution in [-0.2, 0) is 24.6 Å². The number of hydrogen-bond donors (Lipinski definition) is 0. The zero-order chi connectivity index (χ0) is 13.8. The summed E-state index contributed by atoms with van der Waals surface area (Å²) < 4.78 is 3.14. The molecule has 0 saturated heterocycles. The summed E-state index contributed by atoms with van der Waals surface area (Å²) >= 11 is -1.22. The van der Waals surface area contributed by atoms with Gasteiger partial charge < -0.3 is 0 Å². The fourth-order valence-electron chi connectivity index (χ4n) is 2.12. The summed E-state index contributed by atoms with van der Waals surface area (Å²) in [5.41, 5.74) is 2.61. The molecular formula is C16H20HgN2. The molecule has 0 aromatic heterocycles. The van der Waals surface area contributed by atoms with Gasteiger partial charge in [-0.15, -0.1) is 0 Å². The third-order valence-corrected chi connectivity index (χ3v) is 9.86. The zero-order valence-electron chi connectivity index (χ0n) is 12.2. The van der Waals surface area contributed by atoms with Gasteiger partial charge in [-0.05, 0) is 0 Å². The molecule has 2 nitrogen and oxygen atoms in total. The summed E-state index contributed by atoms with van der Waals surface area (Å²) in [6.45, 7) is 0. The van der Waals surface area contributed by atoms with Crippen LogP contribution in [0, 0.1) is 0 Å². The molecule has 0 spiro atoms. The third kappa shape index (κ3) is 3.97. The van der Waals surface area contributed by atoms with Crippen LogP contribution < -0.4 is 15.9 Å². The van der Waals surface area contributed by atoms with Crippen LogP contribution in [-0.4, -0.2) is 28.2 Å². The van der Waals surface area contributed by atoms with Crippen LogP contribution in [0.1, 0.15) is 0 Å². The summed E-state index contributed by atoms with van der Waals surface area (Å²) in [7, 11) is 8.40. The molecule has 96 valence electrons. The van der Waals surface area contributed by atoms with Gasteiger partial charge in [-0.25, -0.2) is 0 Å². The van der Waals surface area contributed by atoms with Crippen molar-refractivity contribution in [2.75, 3.05) is 38.0 Å². The Morgan fingerprint density at radius 1 is 0.684 bits per heavy atom. The van der Waals surface area contributed by atoms with Crippen molar-refractivity contribution in [1.29, 1.82) is 0 Å². The maximum atomic E-state index is 2.35. The fourth-order valence-corrected chi connectivity index (χ4v) is 8.35. The van der Waals surface area contributed by atoms with Crippen molar-refractivity contribution in [2.45, 2.75) is 0 Å². The number of anilines is 2. The van der Waals surface area contributed by atoms with Crippen molar-refractivity contribution in [3.8, 4) is 0 Å². The van der Waals surface area contributed by atoms with E-state index in [0.717, 1.165) is 0 Å². The second-order valence-electron chi connectivity index (χ2n) is 5.31. The van der Waals surface area contributed by atoms with Gasteiger partial charge in [0.2, 0.25) is 0 Å². The molecule has 2 aromatic carbocycles. The monoisotopic (exact) mass is 442 g/mol. The Balaban J connectivity index is 2.21. The van der Waals surface area contributed by atoms with Gasteiger partial charge in [0.25, 0.3) is 0 Å². The standard InChI is InChI=1S/2C8H10N.Hg/c2*1-9(2)8-6-4-3-5-7-8;/h2*3-4,6-7H,1-2H3;. The fraction of sp³-hybridized carbons (Fsp3) is 0.250. The van der Waals surface area contributed by atoms with Crippen molar-refractivity contribution >= 4 is 17.5 Å². The third-order valence-electron chi connectivity index (χ3n) is 3.26. The Morgan fingerprint density at radius 2 is 1.11 bits per heavy atom. The van der Waals surface area contributed by atoms with Crippen molar-refractivity contribution in [2.24, 2.45) is 0 Å². The second kappa shape index (κ2) is 6.42. The Morgan fingerprint density at radius 3 is 1.47 bits per heavy atom. The van der Waals surface area contributed by atoms with E-state index in [1.54, 1.807) is 6.14 Å². The van der Waals surface area contributed by atoms with E-state index in [2.05, 4.69) is 86.5 Å². The maximum absolute atomic E-state index is 2.35. The Kier molecular flexibility index (Phi) is 4.86. The van der Waals surface area contributed by atoms with E-state index in [1.807, 2.05) is 0 Å². The topological polar surface area (TPSA) is 6.48 Å². The van der Waals surface area contributed by atoms with Crippen molar-refractivity contribution in [3.05, 3.63) is 48.5 Å². The molecule has 0 radical (unpaired) electrons. The van der Waals surface area contributed by atoms with Crippen LogP contribution in [0.25, 0.3) is 0 Å². The first kappa shape index (κ1) is 14.4. The molecule has 0 aliphatic carbocycles. The van der Waals surface area contributed by atoms with E-state index < -0.39 is 24.6 Å². The minimum absolute atomic E-state index is 1.22. The number of benzene rings is 2. The first-order valence-corrected chi connectivity index (χ1v) is 12.1. The molecule has 19 heavy (non-hydrogen) atoms. The number of rotatable bonds is 4. The van der Waals surface area contributed by atoms with Gasteiger partial charge in [-0.1, -0.05) is 0 Å².